The first-order chi connectivity index (χ1) is 23.2. The number of unbranched alkanes of at least 4 members (excludes halogenated alkanes) is 5. The zero-order valence-electron chi connectivity index (χ0n) is 28.6. The summed E-state index contributed by atoms with van der Waals surface area (Å²) in [5.41, 5.74) is 4.99. The molecule has 2 N–H and O–H groups in total. The number of β-amino-alcohol motifs (C(OH)–C–C–N with tert-alkyl or cyclic N) is 1. The van der Waals surface area contributed by atoms with E-state index in [2.05, 4.69) is 16.5 Å². The van der Waals surface area contributed by atoms with E-state index in [9.17, 15) is 19.5 Å². The van der Waals surface area contributed by atoms with E-state index in [1.54, 1.807) is 17.9 Å². The van der Waals surface area contributed by atoms with Crippen LogP contribution in [0.2, 0.25) is 0 Å². The summed E-state index contributed by atoms with van der Waals surface area (Å²) >= 11 is 0. The summed E-state index contributed by atoms with van der Waals surface area (Å²) in [5, 5.41) is 16.9. The molecule has 48 heavy (non-hydrogen) atoms. The van der Waals surface area contributed by atoms with Gasteiger partial charge in [-0.2, -0.15) is 0 Å². The molecule has 0 saturated carbocycles. The number of aromatic nitrogens is 1. The number of hydrogen-bond acceptors (Lipinski definition) is 7. The molecule has 0 bridgehead atoms. The minimum atomic E-state index is -0.457. The first kappa shape index (κ1) is 35.1. The molecule has 2 atom stereocenters. The molecule has 0 radical (unpaired) electrons. The van der Waals surface area contributed by atoms with Crippen LogP contribution in [0.5, 0.6) is 5.88 Å². The predicted molar refractivity (Wildman–Crippen MR) is 185 cm³/mol. The lowest BCUT2D eigenvalue weighted by atomic mass is 9.92. The van der Waals surface area contributed by atoms with Crippen molar-refractivity contribution in [1.82, 2.24) is 15.4 Å². The molecule has 258 valence electrons. The Kier molecular flexibility index (Phi) is 12.3. The van der Waals surface area contributed by atoms with E-state index in [0.29, 0.717) is 49.9 Å². The second kappa shape index (κ2) is 16.8. The maximum atomic E-state index is 13.0. The first-order valence-corrected chi connectivity index (χ1v) is 17.6. The summed E-state index contributed by atoms with van der Waals surface area (Å²) in [4.78, 5) is 41.2. The van der Waals surface area contributed by atoms with Gasteiger partial charge in [0.05, 0.1) is 12.7 Å². The molecule has 2 unspecified atom stereocenters. The van der Waals surface area contributed by atoms with Crippen molar-refractivity contribution >= 4 is 23.4 Å². The van der Waals surface area contributed by atoms with Crippen molar-refractivity contribution in [2.45, 2.75) is 90.6 Å². The number of carbonyl (C=O) groups excluding carboxylic acids is 3. The Morgan fingerprint density at radius 3 is 2.42 bits per heavy atom. The number of rotatable bonds is 15. The fourth-order valence-electron chi connectivity index (χ4n) is 6.69. The van der Waals surface area contributed by atoms with Crippen molar-refractivity contribution in [2.75, 3.05) is 37.7 Å². The van der Waals surface area contributed by atoms with Crippen LogP contribution in [0, 0.1) is 5.92 Å². The highest BCUT2D eigenvalue weighted by Gasteiger charge is 2.35. The Morgan fingerprint density at radius 1 is 0.979 bits per heavy atom. The number of aliphatic hydroxyl groups is 1. The van der Waals surface area contributed by atoms with Crippen molar-refractivity contribution < 1.29 is 28.8 Å². The third-order valence-corrected chi connectivity index (χ3v) is 9.39. The van der Waals surface area contributed by atoms with Gasteiger partial charge >= 0.3 is 0 Å². The average molecular weight is 659 g/mol. The molecule has 10 heteroatoms. The number of hydrogen-bond donors (Lipinski definition) is 2. The Labute approximate surface area is 283 Å². The quantitative estimate of drug-likeness (QED) is 0.189. The highest BCUT2D eigenvalue weighted by Crippen LogP contribution is 2.33. The fourth-order valence-corrected chi connectivity index (χ4v) is 6.69. The van der Waals surface area contributed by atoms with Crippen molar-refractivity contribution in [1.29, 1.82) is 0 Å². The van der Waals surface area contributed by atoms with E-state index < -0.39 is 12.0 Å². The zero-order valence-corrected chi connectivity index (χ0v) is 28.6. The number of aryl methyl sites for hydroxylation is 1. The van der Waals surface area contributed by atoms with Crippen LogP contribution in [-0.2, 0) is 16.0 Å². The molecular formula is C38H50N4O6. The lowest BCUT2D eigenvalue weighted by molar-refractivity contribution is -0.133. The van der Waals surface area contributed by atoms with Gasteiger partial charge < -0.3 is 29.5 Å². The van der Waals surface area contributed by atoms with Crippen molar-refractivity contribution in [3.05, 3.63) is 65.4 Å². The topological polar surface area (TPSA) is 125 Å². The standard InChI is InChI=1S/C38H50N4O6/c1-26(2)36(38(46)41-21-18-32(44)25-41)34-24-35(40-48-34)47-22-9-7-5-4-6-8-19-39-37(45)29-14-12-28(13-15-29)30-16-17-33-31(23-30)11-10-20-42(33)27(3)43/h12-17,23-24,26,32,36,44H,4-11,18-22,25H2,1-3H3,(H,39,45). The van der Waals surface area contributed by atoms with Crippen LogP contribution in [0.3, 0.4) is 0 Å². The highest BCUT2D eigenvalue weighted by molar-refractivity contribution is 5.95. The third kappa shape index (κ3) is 9.04. The zero-order chi connectivity index (χ0) is 34.0. The van der Waals surface area contributed by atoms with Crippen LogP contribution in [0.4, 0.5) is 5.69 Å². The summed E-state index contributed by atoms with van der Waals surface area (Å²) in [6, 6.07) is 15.7. The van der Waals surface area contributed by atoms with E-state index in [1.807, 2.05) is 55.1 Å². The van der Waals surface area contributed by atoms with Crippen molar-refractivity contribution in [3.8, 4) is 17.0 Å². The van der Waals surface area contributed by atoms with Gasteiger partial charge in [-0.1, -0.05) is 57.7 Å². The Hall–Kier alpha value is -4.18. The fraction of sp³-hybridized carbons (Fsp3) is 0.526. The molecule has 3 aromatic rings. The normalized spacial score (nSPS) is 16.6. The van der Waals surface area contributed by atoms with Crippen molar-refractivity contribution in [2.24, 2.45) is 5.92 Å². The second-order valence-corrected chi connectivity index (χ2v) is 13.4. The summed E-state index contributed by atoms with van der Waals surface area (Å²) in [6.07, 6.45) is 8.17. The van der Waals surface area contributed by atoms with Gasteiger partial charge in [-0.05, 0) is 84.1 Å². The number of benzene rings is 2. The predicted octanol–water partition coefficient (Wildman–Crippen LogP) is 6.12. The Balaban J connectivity index is 0.942. The van der Waals surface area contributed by atoms with Crippen LogP contribution in [-0.4, -0.2) is 71.8 Å². The largest absolute Gasteiger partial charge is 0.476 e. The van der Waals surface area contributed by atoms with E-state index >= 15 is 0 Å². The van der Waals surface area contributed by atoms with Gasteiger partial charge in [0.2, 0.25) is 11.8 Å². The first-order valence-electron chi connectivity index (χ1n) is 17.6. The Bertz CT molecular complexity index is 1530. The summed E-state index contributed by atoms with van der Waals surface area (Å²) in [5.74, 6) is 0.470. The average Bonchev–Trinajstić information content (AvgIpc) is 3.73. The number of nitrogens with zero attached hydrogens (tertiary/aromatic N) is 3. The summed E-state index contributed by atoms with van der Waals surface area (Å²) in [6.45, 7) is 8.45. The molecule has 5 rings (SSSR count). The number of ether oxygens (including phenoxy) is 1. The number of anilines is 1. The molecule has 0 spiro atoms. The number of amides is 3. The van der Waals surface area contributed by atoms with E-state index in [0.717, 1.165) is 74.7 Å². The van der Waals surface area contributed by atoms with E-state index in [-0.39, 0.29) is 23.6 Å². The molecule has 2 aromatic carbocycles. The minimum absolute atomic E-state index is 0.0326. The van der Waals surface area contributed by atoms with Gasteiger partial charge in [0.15, 0.2) is 5.76 Å². The van der Waals surface area contributed by atoms with Gasteiger partial charge in [-0.15, -0.1) is 0 Å². The van der Waals surface area contributed by atoms with Gasteiger partial charge in [-0.25, -0.2) is 0 Å². The summed E-state index contributed by atoms with van der Waals surface area (Å²) < 4.78 is 11.3. The SMILES string of the molecule is CC(=O)N1CCCc2cc(-c3ccc(C(=O)NCCCCCCCCOc4cc(C(C(=O)N5CCC(O)C5)C(C)C)on4)cc3)ccc21. The molecule has 2 aliphatic heterocycles. The molecule has 3 heterocycles. The molecular weight excluding hydrogens is 608 g/mol. The number of aliphatic hydroxyl groups excluding tert-OH is 1. The smallest absolute Gasteiger partial charge is 0.254 e. The number of carbonyl (C=O) groups is 3. The lowest BCUT2D eigenvalue weighted by Crippen LogP contribution is -2.35. The Morgan fingerprint density at radius 2 is 1.71 bits per heavy atom. The maximum absolute atomic E-state index is 13.0. The lowest BCUT2D eigenvalue weighted by Gasteiger charge is -2.29. The van der Waals surface area contributed by atoms with Crippen LogP contribution < -0.4 is 15.0 Å². The van der Waals surface area contributed by atoms with Crippen LogP contribution in [0.1, 0.15) is 99.7 Å². The van der Waals surface area contributed by atoms with E-state index in [4.69, 9.17) is 9.26 Å². The van der Waals surface area contributed by atoms with E-state index in [1.165, 1.54) is 5.56 Å². The molecule has 1 aromatic heterocycles. The minimum Gasteiger partial charge on any atom is -0.476 e. The maximum Gasteiger partial charge on any atom is 0.254 e. The number of likely N-dealkylation sites (tertiary alicyclic amines) is 1. The van der Waals surface area contributed by atoms with Crippen LogP contribution in [0.25, 0.3) is 11.1 Å². The molecule has 0 aliphatic carbocycles. The second-order valence-electron chi connectivity index (χ2n) is 13.4. The van der Waals surface area contributed by atoms with Gasteiger partial charge in [0, 0.05) is 50.4 Å². The molecule has 10 nitrogen and oxygen atoms in total. The van der Waals surface area contributed by atoms with Gasteiger partial charge in [-0.3, -0.25) is 14.4 Å². The molecule has 2 aliphatic rings. The third-order valence-electron chi connectivity index (χ3n) is 9.39. The van der Waals surface area contributed by atoms with Gasteiger partial charge in [0.1, 0.15) is 5.92 Å². The van der Waals surface area contributed by atoms with Crippen LogP contribution in [0.15, 0.2) is 53.1 Å². The molecule has 1 saturated heterocycles. The summed E-state index contributed by atoms with van der Waals surface area (Å²) in [7, 11) is 0. The molecule has 3 amide bonds. The number of fused-ring (bicyclic) bond motifs is 1. The highest BCUT2D eigenvalue weighted by atomic mass is 16.5. The van der Waals surface area contributed by atoms with Crippen LogP contribution >= 0.6 is 0 Å². The van der Waals surface area contributed by atoms with Gasteiger partial charge in [0.25, 0.3) is 11.8 Å². The van der Waals surface area contributed by atoms with Crippen molar-refractivity contribution in [3.63, 3.8) is 0 Å². The monoisotopic (exact) mass is 658 g/mol. The number of nitrogens with one attached hydrogen (secondary N) is 1. The molecule has 1 fully saturated rings.